The number of hydrogen-bond acceptors (Lipinski definition) is 3. The summed E-state index contributed by atoms with van der Waals surface area (Å²) in [6, 6.07) is 9.26. The second kappa shape index (κ2) is 5.53. The highest BCUT2D eigenvalue weighted by Crippen LogP contribution is 2.20. The first-order valence-corrected chi connectivity index (χ1v) is 6.72. The van der Waals surface area contributed by atoms with Crippen LogP contribution < -0.4 is 4.90 Å². The Labute approximate surface area is 121 Å². The fourth-order valence-corrected chi connectivity index (χ4v) is 2.06. The van der Waals surface area contributed by atoms with E-state index >= 15 is 0 Å². The molecule has 0 unspecified atom stereocenters. The summed E-state index contributed by atoms with van der Waals surface area (Å²) < 4.78 is 0.941. The molecular weight excluding hydrogens is 304 g/mol. The molecule has 2 aromatic rings. The Morgan fingerprint density at radius 2 is 1.84 bits per heavy atom. The summed E-state index contributed by atoms with van der Waals surface area (Å²) in [5, 5.41) is 0. The molecule has 1 heterocycles. The van der Waals surface area contributed by atoms with Gasteiger partial charge in [-0.15, -0.1) is 0 Å². The number of aryl methyl sites for hydroxylation is 1. The third kappa shape index (κ3) is 3.01. The van der Waals surface area contributed by atoms with Gasteiger partial charge >= 0.3 is 0 Å². The van der Waals surface area contributed by atoms with Crippen LogP contribution in [0, 0.1) is 6.92 Å². The average Bonchev–Trinajstić information content (AvgIpc) is 2.41. The van der Waals surface area contributed by atoms with E-state index in [-0.39, 0.29) is 5.78 Å². The van der Waals surface area contributed by atoms with Gasteiger partial charge in [0.05, 0.1) is 0 Å². The molecule has 3 nitrogen and oxygen atoms in total. The predicted molar refractivity (Wildman–Crippen MR) is 80.9 cm³/mol. The molecule has 98 valence electrons. The first-order chi connectivity index (χ1) is 8.99. The number of hydrogen-bond donors (Lipinski definition) is 0. The number of rotatable bonds is 3. The van der Waals surface area contributed by atoms with Gasteiger partial charge in [-0.05, 0) is 30.7 Å². The highest BCUT2D eigenvalue weighted by atomic mass is 79.9. The number of anilines is 1. The second-order valence-corrected chi connectivity index (χ2v) is 5.45. The lowest BCUT2D eigenvalue weighted by Crippen LogP contribution is -2.11. The Bertz CT molecular complexity index is 606. The van der Waals surface area contributed by atoms with Crippen molar-refractivity contribution in [3.05, 3.63) is 57.7 Å². The maximum Gasteiger partial charge on any atom is 0.194 e. The van der Waals surface area contributed by atoms with Crippen molar-refractivity contribution in [2.24, 2.45) is 0 Å². The first kappa shape index (κ1) is 13.7. The minimum atomic E-state index is -0.0153. The lowest BCUT2D eigenvalue weighted by molar-refractivity contribution is 0.103. The SMILES string of the molecule is Cc1ccc(C(=O)c2ccc(N(C)C)nc2)cc1Br. The molecule has 2 rings (SSSR count). The van der Waals surface area contributed by atoms with E-state index in [0.29, 0.717) is 11.1 Å². The number of halogens is 1. The van der Waals surface area contributed by atoms with Gasteiger partial charge < -0.3 is 4.90 Å². The zero-order valence-electron chi connectivity index (χ0n) is 11.1. The van der Waals surface area contributed by atoms with Crippen LogP contribution in [0.4, 0.5) is 5.82 Å². The van der Waals surface area contributed by atoms with E-state index < -0.39 is 0 Å². The molecule has 0 saturated heterocycles. The lowest BCUT2D eigenvalue weighted by Gasteiger charge is -2.11. The van der Waals surface area contributed by atoms with Crippen LogP contribution in [0.25, 0.3) is 0 Å². The molecule has 0 saturated carbocycles. The van der Waals surface area contributed by atoms with Crippen LogP contribution in [0.15, 0.2) is 41.0 Å². The molecule has 0 aliphatic rings. The van der Waals surface area contributed by atoms with Crippen LogP contribution in [-0.4, -0.2) is 24.9 Å². The molecule has 0 bridgehead atoms. The molecule has 0 aliphatic heterocycles. The average molecular weight is 319 g/mol. The van der Waals surface area contributed by atoms with Gasteiger partial charge in [0, 0.05) is 35.9 Å². The maximum absolute atomic E-state index is 12.3. The Hall–Kier alpha value is -1.68. The number of pyridine rings is 1. The maximum atomic E-state index is 12.3. The van der Waals surface area contributed by atoms with E-state index in [1.807, 2.05) is 50.2 Å². The molecule has 0 fully saturated rings. The first-order valence-electron chi connectivity index (χ1n) is 5.93. The predicted octanol–water partition coefficient (Wildman–Crippen LogP) is 3.45. The Balaban J connectivity index is 2.30. The summed E-state index contributed by atoms with van der Waals surface area (Å²) in [4.78, 5) is 18.5. The Kier molecular flexibility index (Phi) is 4.00. The zero-order chi connectivity index (χ0) is 14.0. The number of carbonyl (C=O) groups is 1. The van der Waals surface area contributed by atoms with Crippen molar-refractivity contribution in [1.29, 1.82) is 0 Å². The summed E-state index contributed by atoms with van der Waals surface area (Å²) in [7, 11) is 3.84. The smallest absolute Gasteiger partial charge is 0.194 e. The van der Waals surface area contributed by atoms with Crippen LogP contribution >= 0.6 is 15.9 Å². The van der Waals surface area contributed by atoms with Crippen LogP contribution in [0.3, 0.4) is 0 Å². The van der Waals surface area contributed by atoms with Gasteiger partial charge in [0.2, 0.25) is 0 Å². The van der Waals surface area contributed by atoms with Crippen molar-refractivity contribution in [2.45, 2.75) is 6.92 Å². The minimum Gasteiger partial charge on any atom is -0.363 e. The van der Waals surface area contributed by atoms with Crippen molar-refractivity contribution >= 4 is 27.5 Å². The van der Waals surface area contributed by atoms with Gasteiger partial charge in [-0.3, -0.25) is 4.79 Å². The number of aromatic nitrogens is 1. The molecule has 0 radical (unpaired) electrons. The van der Waals surface area contributed by atoms with E-state index in [9.17, 15) is 4.79 Å². The monoisotopic (exact) mass is 318 g/mol. The van der Waals surface area contributed by atoms with Crippen molar-refractivity contribution in [2.75, 3.05) is 19.0 Å². The summed E-state index contributed by atoms with van der Waals surface area (Å²) >= 11 is 3.44. The molecule has 0 aliphatic carbocycles. The fraction of sp³-hybridized carbons (Fsp3) is 0.200. The number of nitrogens with zero attached hydrogens (tertiary/aromatic N) is 2. The van der Waals surface area contributed by atoms with E-state index in [4.69, 9.17) is 0 Å². The Morgan fingerprint density at radius 3 is 2.37 bits per heavy atom. The number of ketones is 1. The fourth-order valence-electron chi connectivity index (χ4n) is 1.69. The van der Waals surface area contributed by atoms with Gasteiger partial charge in [0.25, 0.3) is 0 Å². The number of carbonyl (C=O) groups excluding carboxylic acids is 1. The van der Waals surface area contributed by atoms with Gasteiger partial charge in [0.1, 0.15) is 5.82 Å². The number of benzene rings is 1. The normalized spacial score (nSPS) is 10.3. The van der Waals surface area contributed by atoms with Crippen LogP contribution in [0.5, 0.6) is 0 Å². The van der Waals surface area contributed by atoms with Crippen molar-refractivity contribution in [1.82, 2.24) is 4.98 Å². The molecular formula is C15H15BrN2O. The van der Waals surface area contributed by atoms with E-state index in [1.165, 1.54) is 0 Å². The van der Waals surface area contributed by atoms with E-state index in [1.54, 1.807) is 12.3 Å². The molecule has 0 amide bonds. The van der Waals surface area contributed by atoms with E-state index in [2.05, 4.69) is 20.9 Å². The highest BCUT2D eigenvalue weighted by molar-refractivity contribution is 9.10. The lowest BCUT2D eigenvalue weighted by atomic mass is 10.0. The minimum absolute atomic E-state index is 0.0153. The molecule has 0 atom stereocenters. The van der Waals surface area contributed by atoms with Crippen molar-refractivity contribution in [3.8, 4) is 0 Å². The summed E-state index contributed by atoms with van der Waals surface area (Å²) in [5.74, 6) is 0.820. The molecule has 0 N–H and O–H groups in total. The van der Waals surface area contributed by atoms with Gasteiger partial charge in [-0.25, -0.2) is 4.98 Å². The molecule has 4 heteroatoms. The molecule has 19 heavy (non-hydrogen) atoms. The highest BCUT2D eigenvalue weighted by Gasteiger charge is 2.11. The zero-order valence-corrected chi connectivity index (χ0v) is 12.7. The molecule has 0 spiro atoms. The third-order valence-electron chi connectivity index (χ3n) is 2.90. The van der Waals surface area contributed by atoms with Crippen LogP contribution in [-0.2, 0) is 0 Å². The van der Waals surface area contributed by atoms with Crippen molar-refractivity contribution < 1.29 is 4.79 Å². The second-order valence-electron chi connectivity index (χ2n) is 4.59. The third-order valence-corrected chi connectivity index (χ3v) is 3.76. The summed E-state index contributed by atoms with van der Waals surface area (Å²) in [6.07, 6.45) is 1.62. The largest absolute Gasteiger partial charge is 0.363 e. The van der Waals surface area contributed by atoms with Crippen LogP contribution in [0.1, 0.15) is 21.5 Å². The molecule has 1 aromatic heterocycles. The standard InChI is InChI=1S/C15H15BrN2O/c1-10-4-5-11(8-13(10)16)15(19)12-6-7-14(17-9-12)18(2)3/h4-9H,1-3H3. The topological polar surface area (TPSA) is 33.2 Å². The summed E-state index contributed by atoms with van der Waals surface area (Å²) in [6.45, 7) is 1.99. The Morgan fingerprint density at radius 1 is 1.16 bits per heavy atom. The van der Waals surface area contributed by atoms with Gasteiger partial charge in [0.15, 0.2) is 5.78 Å². The quantitative estimate of drug-likeness (QED) is 0.813. The molecule has 1 aromatic carbocycles. The summed E-state index contributed by atoms with van der Waals surface area (Å²) in [5.41, 5.74) is 2.37. The van der Waals surface area contributed by atoms with E-state index in [0.717, 1.165) is 15.9 Å². The van der Waals surface area contributed by atoms with Gasteiger partial charge in [-0.2, -0.15) is 0 Å². The van der Waals surface area contributed by atoms with Gasteiger partial charge in [-0.1, -0.05) is 28.1 Å². The van der Waals surface area contributed by atoms with Crippen molar-refractivity contribution in [3.63, 3.8) is 0 Å². The van der Waals surface area contributed by atoms with Crippen LogP contribution in [0.2, 0.25) is 0 Å².